The van der Waals surface area contributed by atoms with Gasteiger partial charge in [-0.15, -0.1) is 0 Å². The molecule has 0 aliphatic carbocycles. The molecule has 1 aromatic carbocycles. The zero-order valence-electron chi connectivity index (χ0n) is 16.6. The summed E-state index contributed by atoms with van der Waals surface area (Å²) in [6.45, 7) is 8.55. The fourth-order valence-corrected chi connectivity index (χ4v) is 3.17. The summed E-state index contributed by atoms with van der Waals surface area (Å²) in [5.74, 6) is 2.20. The fourth-order valence-electron chi connectivity index (χ4n) is 3.17. The van der Waals surface area contributed by atoms with Gasteiger partial charge in [0.25, 0.3) is 0 Å². The van der Waals surface area contributed by atoms with Gasteiger partial charge in [0, 0.05) is 26.2 Å². The van der Waals surface area contributed by atoms with Crippen molar-refractivity contribution < 1.29 is 18.7 Å². The number of ether oxygens (including phenoxy) is 3. The number of rotatable bonds is 8. The highest BCUT2D eigenvalue weighted by molar-refractivity contribution is 5.43. The lowest BCUT2D eigenvalue weighted by Crippen LogP contribution is -2.44. The molecule has 7 nitrogen and oxygen atoms in total. The number of methoxy groups -OCH3 is 1. The van der Waals surface area contributed by atoms with Crippen molar-refractivity contribution in [1.29, 1.82) is 0 Å². The van der Waals surface area contributed by atoms with Crippen molar-refractivity contribution in [2.24, 2.45) is 0 Å². The van der Waals surface area contributed by atoms with E-state index in [1.807, 2.05) is 32.0 Å². The Kier molecular flexibility index (Phi) is 6.71. The predicted octanol–water partition coefficient (Wildman–Crippen LogP) is 2.30. The van der Waals surface area contributed by atoms with Gasteiger partial charge in [-0.05, 0) is 38.6 Å². The highest BCUT2D eigenvalue weighted by Crippen LogP contribution is 2.29. The lowest BCUT2D eigenvalue weighted by molar-refractivity contribution is -0.0182. The van der Waals surface area contributed by atoms with Crippen molar-refractivity contribution in [3.63, 3.8) is 0 Å². The maximum atomic E-state index is 5.93. The highest BCUT2D eigenvalue weighted by atomic mass is 16.5. The normalized spacial score (nSPS) is 17.9. The Labute approximate surface area is 160 Å². The summed E-state index contributed by atoms with van der Waals surface area (Å²) in [6, 6.07) is 5.99. The lowest BCUT2D eigenvalue weighted by atomic mass is 10.2. The highest BCUT2D eigenvalue weighted by Gasteiger charge is 2.17. The summed E-state index contributed by atoms with van der Waals surface area (Å²) in [4.78, 5) is 2.30. The standard InChI is InChI=1S/C20H29N3O4/c1-14-18(15(2)27-22-14)13-26-19-6-5-16(9-20(19)24-4)10-21-11-17-12-23(3)7-8-25-17/h5-6,9,17,21H,7-8,10-13H2,1-4H3. The van der Waals surface area contributed by atoms with Crippen LogP contribution in [0, 0.1) is 13.8 Å². The van der Waals surface area contributed by atoms with Crippen molar-refractivity contribution in [2.75, 3.05) is 40.4 Å². The summed E-state index contributed by atoms with van der Waals surface area (Å²) in [7, 11) is 3.78. The van der Waals surface area contributed by atoms with Crippen LogP contribution in [-0.2, 0) is 17.9 Å². The Balaban J connectivity index is 1.54. The van der Waals surface area contributed by atoms with Gasteiger partial charge in [-0.2, -0.15) is 0 Å². The Hall–Kier alpha value is -2.09. The predicted molar refractivity (Wildman–Crippen MR) is 102 cm³/mol. The van der Waals surface area contributed by atoms with Gasteiger partial charge < -0.3 is 29.0 Å². The van der Waals surface area contributed by atoms with E-state index in [0.29, 0.717) is 12.4 Å². The summed E-state index contributed by atoms with van der Waals surface area (Å²) < 4.78 is 22.4. The second kappa shape index (κ2) is 9.21. The van der Waals surface area contributed by atoms with Gasteiger partial charge in [-0.3, -0.25) is 0 Å². The zero-order valence-corrected chi connectivity index (χ0v) is 16.6. The monoisotopic (exact) mass is 375 g/mol. The molecule has 0 bridgehead atoms. The molecule has 2 aromatic rings. The minimum absolute atomic E-state index is 0.239. The van der Waals surface area contributed by atoms with Gasteiger partial charge in [-0.1, -0.05) is 11.2 Å². The SMILES string of the molecule is COc1cc(CNCC2CN(C)CCO2)ccc1OCc1c(C)noc1C. The smallest absolute Gasteiger partial charge is 0.161 e. The largest absolute Gasteiger partial charge is 0.493 e. The van der Waals surface area contributed by atoms with Crippen molar-refractivity contribution in [1.82, 2.24) is 15.4 Å². The van der Waals surface area contributed by atoms with Crippen LogP contribution in [0.4, 0.5) is 0 Å². The first kappa shape index (κ1) is 19.7. The van der Waals surface area contributed by atoms with E-state index >= 15 is 0 Å². The fraction of sp³-hybridized carbons (Fsp3) is 0.550. The van der Waals surface area contributed by atoms with Gasteiger partial charge in [0.05, 0.1) is 31.1 Å². The van der Waals surface area contributed by atoms with Crippen LogP contribution in [0.2, 0.25) is 0 Å². The van der Waals surface area contributed by atoms with Crippen LogP contribution in [0.5, 0.6) is 11.5 Å². The quantitative estimate of drug-likeness (QED) is 0.759. The molecule has 1 aliphatic heterocycles. The molecule has 1 saturated heterocycles. The number of aromatic nitrogens is 1. The van der Waals surface area contributed by atoms with Crippen molar-refractivity contribution in [3.8, 4) is 11.5 Å². The van der Waals surface area contributed by atoms with Crippen LogP contribution in [-0.4, -0.2) is 56.6 Å². The number of nitrogens with zero attached hydrogens (tertiary/aromatic N) is 2. The molecule has 0 saturated carbocycles. The third-order valence-electron chi connectivity index (χ3n) is 4.82. The summed E-state index contributed by atoms with van der Waals surface area (Å²) in [5, 5.41) is 7.42. The molecule has 0 amide bonds. The second-order valence-corrected chi connectivity index (χ2v) is 6.96. The molecule has 1 aromatic heterocycles. The first-order valence-corrected chi connectivity index (χ1v) is 9.29. The van der Waals surface area contributed by atoms with E-state index in [0.717, 1.165) is 61.1 Å². The molecule has 0 spiro atoms. The van der Waals surface area contributed by atoms with Crippen LogP contribution in [0.1, 0.15) is 22.6 Å². The minimum Gasteiger partial charge on any atom is -0.493 e. The summed E-state index contributed by atoms with van der Waals surface area (Å²) in [6.07, 6.45) is 0.239. The van der Waals surface area contributed by atoms with Crippen LogP contribution in [0.3, 0.4) is 0 Å². The van der Waals surface area contributed by atoms with Gasteiger partial charge in [0.1, 0.15) is 12.4 Å². The number of nitrogens with one attached hydrogen (secondary N) is 1. The molecule has 1 N–H and O–H groups in total. The first-order valence-electron chi connectivity index (χ1n) is 9.29. The van der Waals surface area contributed by atoms with E-state index in [1.54, 1.807) is 7.11 Å². The van der Waals surface area contributed by atoms with E-state index in [1.165, 1.54) is 0 Å². The van der Waals surface area contributed by atoms with Gasteiger partial charge in [0.2, 0.25) is 0 Å². The minimum atomic E-state index is 0.239. The second-order valence-electron chi connectivity index (χ2n) is 6.96. The molecule has 3 rings (SSSR count). The number of aryl methyl sites for hydroxylation is 2. The Morgan fingerprint density at radius 1 is 1.30 bits per heavy atom. The maximum Gasteiger partial charge on any atom is 0.161 e. The van der Waals surface area contributed by atoms with Gasteiger partial charge >= 0.3 is 0 Å². The third kappa shape index (κ3) is 5.22. The number of likely N-dealkylation sites (N-methyl/N-ethyl adjacent to an activating group) is 1. The van der Waals surface area contributed by atoms with Crippen LogP contribution < -0.4 is 14.8 Å². The number of hydrogen-bond donors (Lipinski definition) is 1. The van der Waals surface area contributed by atoms with E-state index in [4.69, 9.17) is 18.7 Å². The number of benzene rings is 1. The van der Waals surface area contributed by atoms with E-state index < -0.39 is 0 Å². The molecule has 0 radical (unpaired) electrons. The zero-order chi connectivity index (χ0) is 19.2. The molecule has 27 heavy (non-hydrogen) atoms. The first-order chi connectivity index (χ1) is 13.1. The Bertz CT molecular complexity index is 727. The molecule has 1 unspecified atom stereocenters. The molecule has 148 valence electrons. The average molecular weight is 375 g/mol. The molecule has 7 heteroatoms. The molecular weight excluding hydrogens is 346 g/mol. The molecule has 1 fully saturated rings. The van der Waals surface area contributed by atoms with Crippen molar-refractivity contribution in [2.45, 2.75) is 33.1 Å². The summed E-state index contributed by atoms with van der Waals surface area (Å²) >= 11 is 0. The van der Waals surface area contributed by atoms with Crippen LogP contribution >= 0.6 is 0 Å². The van der Waals surface area contributed by atoms with Crippen LogP contribution in [0.25, 0.3) is 0 Å². The topological polar surface area (TPSA) is 69.0 Å². The van der Waals surface area contributed by atoms with E-state index in [-0.39, 0.29) is 6.10 Å². The maximum absolute atomic E-state index is 5.93. The van der Waals surface area contributed by atoms with Crippen molar-refractivity contribution >= 4 is 0 Å². The average Bonchev–Trinajstić information content (AvgIpc) is 2.98. The van der Waals surface area contributed by atoms with Crippen LogP contribution in [0.15, 0.2) is 22.7 Å². The molecule has 2 heterocycles. The van der Waals surface area contributed by atoms with Gasteiger partial charge in [-0.25, -0.2) is 0 Å². The third-order valence-corrected chi connectivity index (χ3v) is 4.82. The molecule has 1 atom stereocenters. The van der Waals surface area contributed by atoms with E-state index in [9.17, 15) is 0 Å². The number of morpholine rings is 1. The Morgan fingerprint density at radius 2 is 2.15 bits per heavy atom. The molecular formula is C20H29N3O4. The number of hydrogen-bond acceptors (Lipinski definition) is 7. The van der Waals surface area contributed by atoms with Crippen molar-refractivity contribution in [3.05, 3.63) is 40.8 Å². The molecule has 1 aliphatic rings. The lowest BCUT2D eigenvalue weighted by Gasteiger charge is -2.30. The summed E-state index contributed by atoms with van der Waals surface area (Å²) in [5.41, 5.74) is 2.96. The van der Waals surface area contributed by atoms with E-state index in [2.05, 4.69) is 22.4 Å². The Morgan fingerprint density at radius 3 is 2.85 bits per heavy atom. The van der Waals surface area contributed by atoms with Gasteiger partial charge in [0.15, 0.2) is 11.5 Å².